The maximum atomic E-state index is 10.8. The van der Waals surface area contributed by atoms with Gasteiger partial charge < -0.3 is 9.84 Å². The van der Waals surface area contributed by atoms with Crippen LogP contribution in [0.4, 0.5) is 0 Å². The van der Waals surface area contributed by atoms with Crippen LogP contribution >= 0.6 is 11.6 Å². The third kappa shape index (κ3) is 2.75. The Bertz CT molecular complexity index is 488. The number of phenolic OH excluding ortho intramolecular Hbond substituents is 1. The average Bonchev–Trinajstić information content (AvgIpc) is 2.25. The number of benzene rings is 1. The largest absolute Gasteiger partial charge is 0.504 e. The molecule has 0 saturated heterocycles. The molecule has 0 aliphatic rings. The van der Waals surface area contributed by atoms with E-state index >= 15 is 0 Å². The van der Waals surface area contributed by atoms with E-state index in [0.29, 0.717) is 11.3 Å². The summed E-state index contributed by atoms with van der Waals surface area (Å²) in [6.07, 6.45) is 1.29. The molecule has 82 valence electrons. The van der Waals surface area contributed by atoms with E-state index in [1.165, 1.54) is 25.3 Å². The van der Waals surface area contributed by atoms with Crippen LogP contribution in [0.15, 0.2) is 23.8 Å². The second-order valence-electron chi connectivity index (χ2n) is 2.87. The number of rotatable bonds is 3. The normalized spacial score (nSPS) is 10.7. The van der Waals surface area contributed by atoms with Gasteiger partial charge in [-0.3, -0.25) is 4.79 Å². The number of hydrogen-bond acceptors (Lipinski definition) is 4. The molecule has 1 aromatic rings. The number of nitrogens with zero attached hydrogens (tertiary/aromatic N) is 1. The molecule has 0 bridgehead atoms. The van der Waals surface area contributed by atoms with Crippen molar-refractivity contribution >= 4 is 22.9 Å². The smallest absolute Gasteiger partial charge is 0.262 e. The summed E-state index contributed by atoms with van der Waals surface area (Å²) >= 11 is 5.18. The lowest BCUT2D eigenvalue weighted by Gasteiger charge is -2.03. The molecule has 0 spiro atoms. The van der Waals surface area contributed by atoms with Gasteiger partial charge in [0.15, 0.2) is 11.5 Å². The molecular formula is C11H8ClNO3. The van der Waals surface area contributed by atoms with E-state index in [2.05, 4.69) is 0 Å². The highest BCUT2D eigenvalue weighted by Crippen LogP contribution is 2.27. The van der Waals surface area contributed by atoms with Crippen LogP contribution < -0.4 is 4.74 Å². The van der Waals surface area contributed by atoms with E-state index in [0.717, 1.165) is 0 Å². The fourth-order valence-corrected chi connectivity index (χ4v) is 1.19. The molecule has 1 N–H and O–H groups in total. The molecule has 0 aromatic heterocycles. The standard InChI is InChI=1S/C11H8ClNO3/c1-16-10-3-2-7(5-9(10)14)4-8(6-13)11(12)15/h2-5,14H,1H3. The monoisotopic (exact) mass is 237 g/mol. The van der Waals surface area contributed by atoms with Crippen molar-refractivity contribution in [3.8, 4) is 17.6 Å². The van der Waals surface area contributed by atoms with Gasteiger partial charge in [0.05, 0.1) is 7.11 Å². The molecule has 16 heavy (non-hydrogen) atoms. The lowest BCUT2D eigenvalue weighted by molar-refractivity contribution is -0.108. The molecule has 0 fully saturated rings. The molecule has 4 nitrogen and oxygen atoms in total. The van der Waals surface area contributed by atoms with Crippen LogP contribution in [-0.2, 0) is 4.79 Å². The Balaban J connectivity index is 3.12. The van der Waals surface area contributed by atoms with Gasteiger partial charge in [-0.1, -0.05) is 6.07 Å². The first-order chi connectivity index (χ1) is 7.58. The summed E-state index contributed by atoms with van der Waals surface area (Å²) in [4.78, 5) is 10.8. The van der Waals surface area contributed by atoms with E-state index in [1.54, 1.807) is 12.1 Å². The number of methoxy groups -OCH3 is 1. The maximum absolute atomic E-state index is 10.8. The zero-order chi connectivity index (χ0) is 12.1. The summed E-state index contributed by atoms with van der Waals surface area (Å²) in [5, 5.41) is 17.2. The van der Waals surface area contributed by atoms with E-state index in [-0.39, 0.29) is 11.3 Å². The number of phenols is 1. The molecule has 0 unspecified atom stereocenters. The van der Waals surface area contributed by atoms with E-state index in [1.807, 2.05) is 0 Å². The summed E-state index contributed by atoms with van der Waals surface area (Å²) in [6, 6.07) is 6.15. The van der Waals surface area contributed by atoms with Gasteiger partial charge in [0, 0.05) is 0 Å². The number of hydrogen-bond donors (Lipinski definition) is 1. The van der Waals surface area contributed by atoms with Crippen molar-refractivity contribution in [1.29, 1.82) is 5.26 Å². The van der Waals surface area contributed by atoms with Crippen LogP contribution in [0.25, 0.3) is 6.08 Å². The van der Waals surface area contributed by atoms with E-state index < -0.39 is 5.24 Å². The SMILES string of the molecule is COc1ccc(C=C(C#N)C(=O)Cl)cc1O. The number of carbonyl (C=O) groups is 1. The van der Waals surface area contributed by atoms with Crippen molar-refractivity contribution in [2.75, 3.05) is 7.11 Å². The Morgan fingerprint density at radius 2 is 2.31 bits per heavy atom. The van der Waals surface area contributed by atoms with Crippen LogP contribution in [0, 0.1) is 11.3 Å². The first kappa shape index (κ1) is 12.1. The van der Waals surface area contributed by atoms with Gasteiger partial charge in [-0.15, -0.1) is 0 Å². The summed E-state index contributed by atoms with van der Waals surface area (Å²) in [6.45, 7) is 0. The molecule has 1 rings (SSSR count). The fourth-order valence-electron chi connectivity index (χ4n) is 1.10. The highest BCUT2D eigenvalue weighted by atomic mass is 35.5. The summed E-state index contributed by atoms with van der Waals surface area (Å²) in [5.41, 5.74) is 0.301. The van der Waals surface area contributed by atoms with Crippen LogP contribution in [0.5, 0.6) is 11.5 Å². The van der Waals surface area contributed by atoms with Crippen LogP contribution in [-0.4, -0.2) is 17.5 Å². The Morgan fingerprint density at radius 3 is 2.75 bits per heavy atom. The lowest BCUT2D eigenvalue weighted by atomic mass is 10.1. The maximum Gasteiger partial charge on any atom is 0.262 e. The van der Waals surface area contributed by atoms with Gasteiger partial charge in [0.25, 0.3) is 5.24 Å². The second kappa shape index (κ2) is 5.19. The number of nitriles is 1. The molecule has 0 aliphatic heterocycles. The molecule has 0 aliphatic carbocycles. The minimum atomic E-state index is -0.835. The lowest BCUT2D eigenvalue weighted by Crippen LogP contribution is -1.90. The first-order valence-electron chi connectivity index (χ1n) is 4.27. The Hall–Kier alpha value is -1.99. The number of ether oxygens (including phenoxy) is 1. The highest BCUT2D eigenvalue weighted by molar-refractivity contribution is 6.68. The van der Waals surface area contributed by atoms with Gasteiger partial charge >= 0.3 is 0 Å². The van der Waals surface area contributed by atoms with Gasteiger partial charge in [-0.05, 0) is 35.4 Å². The average molecular weight is 238 g/mol. The summed E-state index contributed by atoms with van der Waals surface area (Å²) in [7, 11) is 1.42. The first-order valence-corrected chi connectivity index (χ1v) is 4.65. The fraction of sp³-hybridized carbons (Fsp3) is 0.0909. The van der Waals surface area contributed by atoms with Crippen molar-refractivity contribution in [2.45, 2.75) is 0 Å². The zero-order valence-corrected chi connectivity index (χ0v) is 9.15. The Morgan fingerprint density at radius 1 is 1.62 bits per heavy atom. The quantitative estimate of drug-likeness (QED) is 0.496. The Labute approximate surface area is 97.3 Å². The minimum Gasteiger partial charge on any atom is -0.504 e. The molecule has 0 radical (unpaired) electrons. The zero-order valence-electron chi connectivity index (χ0n) is 8.40. The van der Waals surface area contributed by atoms with Crippen molar-refractivity contribution in [3.63, 3.8) is 0 Å². The predicted molar refractivity (Wildman–Crippen MR) is 59.1 cm³/mol. The Kier molecular flexibility index (Phi) is 3.92. The molecule has 5 heteroatoms. The van der Waals surface area contributed by atoms with Crippen LogP contribution in [0.2, 0.25) is 0 Å². The molecule has 0 atom stereocenters. The molecule has 0 amide bonds. The number of aromatic hydroxyl groups is 1. The predicted octanol–water partition coefficient (Wildman–Crippen LogP) is 2.07. The van der Waals surface area contributed by atoms with Gasteiger partial charge in [0.2, 0.25) is 0 Å². The third-order valence-corrected chi connectivity index (χ3v) is 2.05. The number of carbonyl (C=O) groups excluding carboxylic acids is 1. The van der Waals surface area contributed by atoms with E-state index in [4.69, 9.17) is 21.6 Å². The molecule has 0 saturated carbocycles. The van der Waals surface area contributed by atoms with Gasteiger partial charge in [-0.25, -0.2) is 0 Å². The third-order valence-electron chi connectivity index (χ3n) is 1.85. The van der Waals surface area contributed by atoms with Crippen molar-refractivity contribution in [1.82, 2.24) is 0 Å². The van der Waals surface area contributed by atoms with Crippen molar-refractivity contribution in [2.24, 2.45) is 0 Å². The molecular weight excluding hydrogens is 230 g/mol. The molecule has 0 heterocycles. The number of halogens is 1. The summed E-state index contributed by atoms with van der Waals surface area (Å²) < 4.78 is 4.85. The van der Waals surface area contributed by atoms with Gasteiger partial charge in [-0.2, -0.15) is 5.26 Å². The number of allylic oxidation sites excluding steroid dienone is 1. The van der Waals surface area contributed by atoms with Crippen LogP contribution in [0.3, 0.4) is 0 Å². The molecule has 1 aromatic carbocycles. The van der Waals surface area contributed by atoms with Crippen molar-refractivity contribution in [3.05, 3.63) is 29.3 Å². The summed E-state index contributed by atoms with van der Waals surface area (Å²) in [5.74, 6) is 0.239. The van der Waals surface area contributed by atoms with E-state index in [9.17, 15) is 9.90 Å². The van der Waals surface area contributed by atoms with Crippen LogP contribution in [0.1, 0.15) is 5.56 Å². The topological polar surface area (TPSA) is 70.3 Å². The van der Waals surface area contributed by atoms with Crippen molar-refractivity contribution < 1.29 is 14.6 Å². The van der Waals surface area contributed by atoms with Gasteiger partial charge in [0.1, 0.15) is 11.6 Å². The highest BCUT2D eigenvalue weighted by Gasteiger charge is 2.06. The minimum absolute atomic E-state index is 0.0736. The second-order valence-corrected chi connectivity index (χ2v) is 3.22.